The molecule has 1 aliphatic carbocycles. The monoisotopic (exact) mass is 263 g/mol. The number of likely N-dealkylation sites (tertiary alicyclic amines) is 1. The number of fused-ring (bicyclic) bond motifs is 1. The van der Waals surface area contributed by atoms with Crippen LogP contribution in [0.5, 0.6) is 0 Å². The molecule has 19 heavy (non-hydrogen) atoms. The van der Waals surface area contributed by atoms with Gasteiger partial charge in [0.1, 0.15) is 5.76 Å². The zero-order valence-electron chi connectivity index (χ0n) is 11.3. The summed E-state index contributed by atoms with van der Waals surface area (Å²) in [6, 6.07) is 4.22. The van der Waals surface area contributed by atoms with E-state index in [2.05, 4.69) is 11.8 Å². The van der Waals surface area contributed by atoms with Gasteiger partial charge >= 0.3 is 5.97 Å². The first-order chi connectivity index (χ1) is 9.16. The summed E-state index contributed by atoms with van der Waals surface area (Å²) in [6.45, 7) is 3.23. The highest BCUT2D eigenvalue weighted by atomic mass is 16.4. The Morgan fingerprint density at radius 3 is 2.89 bits per heavy atom. The van der Waals surface area contributed by atoms with Gasteiger partial charge in [-0.25, -0.2) is 4.79 Å². The number of hydrogen-bond donors (Lipinski definition) is 1. The summed E-state index contributed by atoms with van der Waals surface area (Å²) in [4.78, 5) is 13.4. The van der Waals surface area contributed by atoms with Gasteiger partial charge in [-0.3, -0.25) is 4.90 Å². The van der Waals surface area contributed by atoms with Crippen LogP contribution in [0.3, 0.4) is 0 Å². The first-order valence-corrected chi connectivity index (χ1v) is 7.25. The van der Waals surface area contributed by atoms with Crippen molar-refractivity contribution in [2.24, 2.45) is 5.92 Å². The Morgan fingerprint density at radius 1 is 1.37 bits per heavy atom. The smallest absolute Gasteiger partial charge is 0.371 e. The first-order valence-electron chi connectivity index (χ1n) is 7.25. The fourth-order valence-electron chi connectivity index (χ4n) is 3.83. The van der Waals surface area contributed by atoms with Crippen LogP contribution in [0.2, 0.25) is 0 Å². The van der Waals surface area contributed by atoms with Crippen LogP contribution < -0.4 is 0 Å². The number of furan rings is 1. The maximum atomic E-state index is 10.9. The summed E-state index contributed by atoms with van der Waals surface area (Å²) >= 11 is 0. The Morgan fingerprint density at radius 2 is 2.16 bits per heavy atom. The fraction of sp³-hybridized carbons (Fsp3) is 0.667. The summed E-state index contributed by atoms with van der Waals surface area (Å²) < 4.78 is 5.47. The zero-order chi connectivity index (χ0) is 13.4. The fourth-order valence-corrected chi connectivity index (χ4v) is 3.83. The van der Waals surface area contributed by atoms with Crippen LogP contribution in [0, 0.1) is 5.92 Å². The van der Waals surface area contributed by atoms with Crippen LogP contribution in [0.4, 0.5) is 0 Å². The van der Waals surface area contributed by atoms with Crippen molar-refractivity contribution in [3.05, 3.63) is 23.7 Å². The van der Waals surface area contributed by atoms with Gasteiger partial charge < -0.3 is 9.52 Å². The second-order valence-corrected chi connectivity index (χ2v) is 5.82. The van der Waals surface area contributed by atoms with Crippen LogP contribution in [0.1, 0.15) is 61.4 Å². The molecule has 2 fully saturated rings. The van der Waals surface area contributed by atoms with Gasteiger partial charge in [-0.05, 0) is 57.2 Å². The molecule has 1 saturated carbocycles. The third kappa shape index (κ3) is 2.29. The lowest BCUT2D eigenvalue weighted by Gasteiger charge is -2.40. The molecule has 104 valence electrons. The van der Waals surface area contributed by atoms with Gasteiger partial charge in [0.15, 0.2) is 0 Å². The molecule has 1 aromatic heterocycles. The molecule has 0 bridgehead atoms. The molecule has 0 amide bonds. The van der Waals surface area contributed by atoms with Crippen molar-refractivity contribution in [1.29, 1.82) is 0 Å². The Labute approximate surface area is 113 Å². The summed E-state index contributed by atoms with van der Waals surface area (Å²) in [5.41, 5.74) is 0. The molecule has 0 spiro atoms. The molecule has 0 radical (unpaired) electrons. The molecule has 2 aliphatic rings. The number of rotatable bonds is 3. The van der Waals surface area contributed by atoms with Gasteiger partial charge in [0.2, 0.25) is 5.76 Å². The van der Waals surface area contributed by atoms with E-state index in [4.69, 9.17) is 9.52 Å². The lowest BCUT2D eigenvalue weighted by molar-refractivity contribution is 0.0588. The number of aromatic carboxylic acids is 1. The van der Waals surface area contributed by atoms with Crippen LogP contribution in [-0.2, 0) is 0 Å². The molecule has 4 nitrogen and oxygen atoms in total. The number of carboxylic acid groups (broad SMARTS) is 1. The third-order valence-corrected chi connectivity index (χ3v) is 4.78. The zero-order valence-corrected chi connectivity index (χ0v) is 11.3. The van der Waals surface area contributed by atoms with Gasteiger partial charge in [-0.1, -0.05) is 6.42 Å². The molecule has 1 aromatic rings. The lowest BCUT2D eigenvalue weighted by Crippen LogP contribution is -2.43. The highest BCUT2D eigenvalue weighted by molar-refractivity contribution is 5.84. The minimum Gasteiger partial charge on any atom is -0.475 e. The number of hydrogen-bond acceptors (Lipinski definition) is 3. The minimum absolute atomic E-state index is 0.0434. The van der Waals surface area contributed by atoms with Crippen molar-refractivity contribution in [3.63, 3.8) is 0 Å². The molecular formula is C15H21NO3. The molecule has 4 heteroatoms. The van der Waals surface area contributed by atoms with Gasteiger partial charge in [0, 0.05) is 6.04 Å². The lowest BCUT2D eigenvalue weighted by atomic mass is 9.90. The predicted octanol–water partition coefficient (Wildman–Crippen LogP) is 3.30. The molecular weight excluding hydrogens is 242 g/mol. The van der Waals surface area contributed by atoms with Crippen molar-refractivity contribution in [2.45, 2.75) is 51.1 Å². The summed E-state index contributed by atoms with van der Waals surface area (Å²) in [6.07, 6.45) is 6.56. The maximum absolute atomic E-state index is 10.9. The molecule has 1 N–H and O–H groups in total. The highest BCUT2D eigenvalue weighted by Gasteiger charge is 2.38. The van der Waals surface area contributed by atoms with Crippen LogP contribution >= 0.6 is 0 Å². The van der Waals surface area contributed by atoms with Gasteiger partial charge in [-0.15, -0.1) is 0 Å². The average Bonchev–Trinajstić information content (AvgIpc) is 3.06. The average molecular weight is 263 g/mol. The molecule has 3 unspecified atom stereocenters. The second kappa shape index (κ2) is 5.00. The Hall–Kier alpha value is -1.29. The molecule has 1 aliphatic heterocycles. The molecule has 1 saturated heterocycles. The normalized spacial score (nSPS) is 29.1. The largest absolute Gasteiger partial charge is 0.475 e. The third-order valence-electron chi connectivity index (χ3n) is 4.78. The minimum atomic E-state index is -0.990. The van der Waals surface area contributed by atoms with E-state index in [1.807, 2.05) is 6.07 Å². The van der Waals surface area contributed by atoms with Crippen LogP contribution in [0.15, 0.2) is 16.5 Å². The molecule has 2 heterocycles. The number of piperidine rings is 1. The Kier molecular flexibility index (Phi) is 3.35. The second-order valence-electron chi connectivity index (χ2n) is 5.82. The molecule has 3 atom stereocenters. The number of carbonyl (C=O) groups is 1. The van der Waals surface area contributed by atoms with E-state index < -0.39 is 5.97 Å². The van der Waals surface area contributed by atoms with Gasteiger partial charge in [0.25, 0.3) is 0 Å². The highest BCUT2D eigenvalue weighted by Crippen LogP contribution is 2.40. The predicted molar refractivity (Wildman–Crippen MR) is 71.2 cm³/mol. The maximum Gasteiger partial charge on any atom is 0.371 e. The van der Waals surface area contributed by atoms with Crippen molar-refractivity contribution in [3.8, 4) is 0 Å². The van der Waals surface area contributed by atoms with E-state index in [0.717, 1.165) is 18.2 Å². The van der Waals surface area contributed by atoms with E-state index in [-0.39, 0.29) is 11.8 Å². The quantitative estimate of drug-likeness (QED) is 0.909. The first kappa shape index (κ1) is 12.7. The van der Waals surface area contributed by atoms with Crippen molar-refractivity contribution < 1.29 is 14.3 Å². The van der Waals surface area contributed by atoms with E-state index >= 15 is 0 Å². The summed E-state index contributed by atoms with van der Waals surface area (Å²) in [5.74, 6) is 0.674. The van der Waals surface area contributed by atoms with Gasteiger partial charge in [-0.2, -0.15) is 0 Å². The van der Waals surface area contributed by atoms with Crippen LogP contribution in [-0.4, -0.2) is 28.6 Å². The topological polar surface area (TPSA) is 53.7 Å². The van der Waals surface area contributed by atoms with E-state index in [0.29, 0.717) is 6.04 Å². The Bertz CT molecular complexity index is 468. The van der Waals surface area contributed by atoms with E-state index in [1.165, 1.54) is 32.1 Å². The molecule has 0 aromatic carbocycles. The molecule has 3 rings (SSSR count). The van der Waals surface area contributed by atoms with Crippen molar-refractivity contribution in [1.82, 2.24) is 4.90 Å². The Balaban J connectivity index is 1.78. The summed E-state index contributed by atoms with van der Waals surface area (Å²) in [5, 5.41) is 8.93. The number of nitrogens with zero attached hydrogens (tertiary/aromatic N) is 1. The van der Waals surface area contributed by atoms with Gasteiger partial charge in [0.05, 0.1) is 6.04 Å². The standard InChI is InChI=1S/C15H21NO3/c1-10(13-7-8-14(19-13)15(17)18)16-9-3-5-11-4-2-6-12(11)16/h7-8,10-12H,2-6,9H2,1H3,(H,17,18). The number of carboxylic acids is 1. The summed E-state index contributed by atoms with van der Waals surface area (Å²) in [7, 11) is 0. The van der Waals surface area contributed by atoms with E-state index in [9.17, 15) is 4.79 Å². The SMILES string of the molecule is CC(c1ccc(C(=O)O)o1)N1CCCC2CCCC21. The van der Waals surface area contributed by atoms with Crippen LogP contribution in [0.25, 0.3) is 0 Å². The van der Waals surface area contributed by atoms with E-state index in [1.54, 1.807) is 6.07 Å². The van der Waals surface area contributed by atoms with Crippen molar-refractivity contribution in [2.75, 3.05) is 6.54 Å². The van der Waals surface area contributed by atoms with Crippen molar-refractivity contribution >= 4 is 5.97 Å².